The van der Waals surface area contributed by atoms with E-state index in [9.17, 15) is 19.2 Å². The van der Waals surface area contributed by atoms with E-state index in [1.165, 1.54) is 63.1 Å². The zero-order valence-electron chi connectivity index (χ0n) is 45.4. The number of oxazole rings is 4. The van der Waals surface area contributed by atoms with Crippen LogP contribution in [0.1, 0.15) is 63.9 Å². The van der Waals surface area contributed by atoms with Crippen LogP contribution in [0.4, 0.5) is 0 Å². The lowest BCUT2D eigenvalue weighted by Crippen LogP contribution is -2.13. The molecule has 0 fully saturated rings. The van der Waals surface area contributed by atoms with Gasteiger partial charge in [0.05, 0.1) is 52.9 Å². The fourth-order valence-electron chi connectivity index (χ4n) is 6.78. The summed E-state index contributed by atoms with van der Waals surface area (Å²) in [4.78, 5) is 61.9. The van der Waals surface area contributed by atoms with Crippen molar-refractivity contribution >= 4 is 82.4 Å². The molecular weight excluding hydrogens is 1100 g/mol. The van der Waals surface area contributed by atoms with Gasteiger partial charge >= 0.3 is 0 Å². The van der Waals surface area contributed by atoms with Crippen LogP contribution in [-0.4, -0.2) is 79.9 Å². The number of amides is 4. The Morgan fingerprint density at radius 1 is 0.443 bits per heavy atom. The predicted molar refractivity (Wildman–Crippen MR) is 321 cm³/mol. The molecule has 0 spiro atoms. The van der Waals surface area contributed by atoms with Crippen LogP contribution < -0.4 is 27.7 Å². The van der Waals surface area contributed by atoms with Crippen molar-refractivity contribution in [2.24, 2.45) is 22.9 Å². The minimum atomic E-state index is -0.327. The number of nitrogens with two attached hydrogens (primary N) is 4. The lowest BCUT2D eigenvalue weighted by Gasteiger charge is -1.99. The second-order valence-corrected chi connectivity index (χ2v) is 22.1. The largest absolute Gasteiger partial charge is 0.497 e. The molecule has 8 aromatic rings. The number of thioether (sulfide) groups is 5. The topological polar surface area (TPSA) is 286 Å². The third-order valence-electron chi connectivity index (χ3n) is 11.1. The van der Waals surface area contributed by atoms with Gasteiger partial charge in [-0.3, -0.25) is 19.2 Å². The number of rotatable bonds is 23. The van der Waals surface area contributed by atoms with Crippen molar-refractivity contribution in [3.63, 3.8) is 0 Å². The summed E-state index contributed by atoms with van der Waals surface area (Å²) < 4.78 is 27.8. The van der Waals surface area contributed by atoms with Crippen LogP contribution in [0.3, 0.4) is 0 Å². The van der Waals surface area contributed by atoms with Gasteiger partial charge in [0.2, 0.25) is 47.2 Å². The Morgan fingerprint density at radius 2 is 0.722 bits per heavy atom. The Balaban J connectivity index is 0.000000194. The summed E-state index contributed by atoms with van der Waals surface area (Å²) >= 11 is 7.45. The van der Waals surface area contributed by atoms with Gasteiger partial charge in [-0.1, -0.05) is 36.8 Å². The third-order valence-corrected chi connectivity index (χ3v) is 15.7. The maximum Gasteiger partial charge on any atom is 0.227 e. The van der Waals surface area contributed by atoms with E-state index < -0.39 is 0 Å². The molecule has 0 saturated carbocycles. The first kappa shape index (κ1) is 63.0. The predicted octanol–water partition coefficient (Wildman–Crippen LogP) is 11.1. The molecule has 0 radical (unpaired) electrons. The summed E-state index contributed by atoms with van der Waals surface area (Å²) in [6.07, 6.45) is 3.05. The summed E-state index contributed by atoms with van der Waals surface area (Å²) in [6.45, 7) is 11.7. The van der Waals surface area contributed by atoms with E-state index in [1.54, 1.807) is 18.9 Å². The number of hydrogen-bond acceptors (Lipinski definition) is 18. The fourth-order valence-corrected chi connectivity index (χ4v) is 10.2. The summed E-state index contributed by atoms with van der Waals surface area (Å²) in [6, 6.07) is 31.8. The summed E-state index contributed by atoms with van der Waals surface area (Å²) in [5.41, 5.74) is 30.1. The number of methoxy groups -OCH3 is 1. The molecule has 17 nitrogen and oxygen atoms in total. The number of aromatic nitrogens is 4. The van der Waals surface area contributed by atoms with Gasteiger partial charge in [-0.05, 0) is 126 Å². The van der Waals surface area contributed by atoms with Crippen LogP contribution in [0.2, 0.25) is 0 Å². The highest BCUT2D eigenvalue weighted by Gasteiger charge is 2.16. The average Bonchev–Trinajstić information content (AvgIpc) is 4.21. The molecule has 418 valence electrons. The zero-order chi connectivity index (χ0) is 57.4. The summed E-state index contributed by atoms with van der Waals surface area (Å²) in [5.74, 6) is 8.72. The highest BCUT2D eigenvalue weighted by molar-refractivity contribution is 8.00. The Bertz CT molecular complexity index is 2960. The number of carbonyl (C=O) groups is 4. The number of nitrogens with zero attached hydrogens (tertiary/aromatic N) is 4. The molecule has 4 amide bonds. The van der Waals surface area contributed by atoms with E-state index in [-0.39, 0.29) is 29.4 Å². The van der Waals surface area contributed by atoms with E-state index in [1.807, 2.05) is 126 Å². The number of hydrogen-bond donors (Lipinski definition) is 4. The molecule has 8 N–H and O–H groups in total. The SMILES string of the molecule is CCc1ccc(-c2nc(CSCC(N)=O)c(C)o2)cc1.COc1ccc(-c2nc(CSCC(N)=O)c(C)o2)cc1.CSc1ccc(-c2nc(CSCC(N)=O)c(C)o2)cc1.Cc1ccc(-c2nc(CSCC(N)=O)c(C)o2)cc1. The molecule has 8 rings (SSSR count). The van der Waals surface area contributed by atoms with Crippen LogP contribution in [-0.2, 0) is 48.6 Å². The third kappa shape index (κ3) is 21.0. The second-order valence-electron chi connectivity index (χ2n) is 17.3. The average molecular weight is 1170 g/mol. The molecule has 4 heterocycles. The van der Waals surface area contributed by atoms with E-state index in [4.69, 9.17) is 45.3 Å². The number of ether oxygens (including phenoxy) is 1. The van der Waals surface area contributed by atoms with E-state index >= 15 is 0 Å². The zero-order valence-corrected chi connectivity index (χ0v) is 49.5. The van der Waals surface area contributed by atoms with Crippen LogP contribution in [0.15, 0.2) is 120 Å². The molecular formula is C57H66N8O9S5. The smallest absolute Gasteiger partial charge is 0.227 e. The Kier molecular flexibility index (Phi) is 25.7. The quantitative estimate of drug-likeness (QED) is 0.0433. The Morgan fingerprint density at radius 3 is 0.987 bits per heavy atom. The molecule has 0 aliphatic heterocycles. The van der Waals surface area contributed by atoms with Gasteiger partial charge in [0.1, 0.15) is 28.8 Å². The molecule has 0 aliphatic carbocycles. The lowest BCUT2D eigenvalue weighted by molar-refractivity contribution is -0.116. The van der Waals surface area contributed by atoms with Crippen LogP contribution in [0.25, 0.3) is 45.8 Å². The van der Waals surface area contributed by atoms with Gasteiger partial charge in [0.15, 0.2) is 0 Å². The van der Waals surface area contributed by atoms with Crippen molar-refractivity contribution in [3.8, 4) is 51.6 Å². The highest BCUT2D eigenvalue weighted by Crippen LogP contribution is 2.29. The van der Waals surface area contributed by atoms with Crippen molar-refractivity contribution < 1.29 is 41.6 Å². The van der Waals surface area contributed by atoms with Crippen LogP contribution in [0, 0.1) is 34.6 Å². The van der Waals surface area contributed by atoms with Gasteiger partial charge in [0.25, 0.3) is 0 Å². The highest BCUT2D eigenvalue weighted by atomic mass is 32.2. The van der Waals surface area contributed by atoms with Gasteiger partial charge in [-0.25, -0.2) is 19.9 Å². The van der Waals surface area contributed by atoms with Crippen molar-refractivity contribution in [1.29, 1.82) is 0 Å². The van der Waals surface area contributed by atoms with Gasteiger partial charge < -0.3 is 45.3 Å². The molecule has 4 aromatic heterocycles. The summed E-state index contributed by atoms with van der Waals surface area (Å²) in [7, 11) is 1.62. The van der Waals surface area contributed by atoms with Crippen molar-refractivity contribution in [2.45, 2.75) is 75.9 Å². The maximum atomic E-state index is 10.7. The first-order valence-electron chi connectivity index (χ1n) is 24.6. The van der Waals surface area contributed by atoms with Crippen LogP contribution in [0.5, 0.6) is 5.75 Å². The molecule has 0 saturated heterocycles. The first-order chi connectivity index (χ1) is 37.8. The monoisotopic (exact) mass is 1170 g/mol. The number of benzene rings is 4. The minimum Gasteiger partial charge on any atom is -0.497 e. The number of aryl methyl sites for hydroxylation is 6. The molecule has 0 bridgehead atoms. The molecule has 0 atom stereocenters. The molecule has 79 heavy (non-hydrogen) atoms. The van der Waals surface area contributed by atoms with Gasteiger partial charge in [0, 0.05) is 50.2 Å². The van der Waals surface area contributed by atoms with Gasteiger partial charge in [-0.2, -0.15) is 0 Å². The fraction of sp³-hybridized carbons (Fsp3) is 0.298. The molecule has 0 aliphatic rings. The van der Waals surface area contributed by atoms with Crippen molar-refractivity contribution in [1.82, 2.24) is 19.9 Å². The maximum absolute atomic E-state index is 10.7. The molecule has 0 unspecified atom stereocenters. The Labute approximate surface area is 481 Å². The van der Waals surface area contributed by atoms with Crippen molar-refractivity contribution in [2.75, 3.05) is 36.4 Å². The van der Waals surface area contributed by atoms with Gasteiger partial charge in [-0.15, -0.1) is 58.8 Å². The van der Waals surface area contributed by atoms with E-state index in [2.05, 4.69) is 39.0 Å². The first-order valence-corrected chi connectivity index (χ1v) is 30.4. The second kappa shape index (κ2) is 32.3. The lowest BCUT2D eigenvalue weighted by atomic mass is 10.1. The van der Waals surface area contributed by atoms with E-state index in [0.29, 0.717) is 63.8 Å². The minimum absolute atomic E-state index is 0.282. The van der Waals surface area contributed by atoms with Crippen molar-refractivity contribution in [3.05, 3.63) is 154 Å². The summed E-state index contributed by atoms with van der Waals surface area (Å²) in [5, 5.41) is 0. The van der Waals surface area contributed by atoms with E-state index in [0.717, 1.165) is 80.2 Å². The Hall–Kier alpha value is -6.85. The standard InChI is InChI=1S/C15H18N2O2S.C14H16N2O3S.C14H16N2O2S2.C14H16N2O2S/c1-3-11-4-6-12(7-5-11)15-17-13(10(2)19-15)8-20-9-14(16)18;1-9-12(7-20-8-13(15)17)16-14(19-9)10-3-5-11(18-2)6-4-10;1-9-12(7-20-8-13(15)17)16-14(18-9)10-3-5-11(19-2)6-4-10;1-9-3-5-11(6-4-9)14-16-12(10(2)18-14)7-19-8-13(15)17/h4-7H,3,8-9H2,1-2H3,(H2,16,18);2*3-6H,7-8H2,1-2H3,(H2,15,17);3-6H,7-8H2,1-2H3,(H2,15,17). The molecule has 22 heteroatoms. The normalized spacial score (nSPS) is 10.6. The number of carbonyl (C=O) groups excluding carboxylic acids is 4. The molecule has 4 aromatic carbocycles. The number of primary amides is 4. The van der Waals surface area contributed by atoms with Crippen LogP contribution >= 0.6 is 58.8 Å².